The molecule has 0 unspecified atom stereocenters. The van der Waals surface area contributed by atoms with Crippen LogP contribution in [0, 0.1) is 5.82 Å². The summed E-state index contributed by atoms with van der Waals surface area (Å²) in [6.45, 7) is 0.176. The molecule has 0 aromatic heterocycles. The number of benzene rings is 1. The quantitative estimate of drug-likeness (QED) is 0.831. The number of halogens is 5. The molecule has 0 aliphatic carbocycles. The molecule has 17 heavy (non-hydrogen) atoms. The molecule has 0 radical (unpaired) electrons. The third kappa shape index (κ3) is 4.14. The van der Waals surface area contributed by atoms with E-state index in [0.717, 1.165) is 12.1 Å². The van der Waals surface area contributed by atoms with Crippen LogP contribution in [0.15, 0.2) is 18.2 Å². The maximum absolute atomic E-state index is 12.8. The molecule has 2 nitrogen and oxygen atoms in total. The van der Waals surface area contributed by atoms with Gasteiger partial charge in [0.2, 0.25) is 0 Å². The molecular weight excluding hydrogens is 260 g/mol. The second-order valence-electron chi connectivity index (χ2n) is 3.41. The van der Waals surface area contributed by atoms with E-state index in [1.54, 1.807) is 0 Å². The van der Waals surface area contributed by atoms with Gasteiger partial charge in [-0.25, -0.2) is 4.39 Å². The highest BCUT2D eigenvalue weighted by Gasteiger charge is 2.34. The number of hydrogen-bond donors (Lipinski definition) is 2. The van der Waals surface area contributed by atoms with Gasteiger partial charge in [-0.1, -0.05) is 6.07 Å². The van der Waals surface area contributed by atoms with E-state index in [-0.39, 0.29) is 30.9 Å². The van der Waals surface area contributed by atoms with Gasteiger partial charge in [-0.05, 0) is 30.7 Å². The molecule has 1 aromatic rings. The molecule has 0 heterocycles. The highest BCUT2D eigenvalue weighted by Crippen LogP contribution is 2.35. The van der Waals surface area contributed by atoms with Crippen molar-refractivity contribution in [2.45, 2.75) is 18.6 Å². The van der Waals surface area contributed by atoms with Gasteiger partial charge in [0.25, 0.3) is 0 Å². The highest BCUT2D eigenvalue weighted by molar-refractivity contribution is 5.85. The first-order chi connectivity index (χ1) is 7.36. The third-order valence-corrected chi connectivity index (χ3v) is 2.20. The Morgan fingerprint density at radius 3 is 2.29 bits per heavy atom. The molecule has 1 atom stereocenters. The van der Waals surface area contributed by atoms with Crippen molar-refractivity contribution in [1.29, 1.82) is 0 Å². The van der Waals surface area contributed by atoms with E-state index in [1.807, 2.05) is 0 Å². The van der Waals surface area contributed by atoms with Crippen LogP contribution in [0.2, 0.25) is 0 Å². The zero-order valence-electron chi connectivity index (χ0n) is 8.80. The summed E-state index contributed by atoms with van der Waals surface area (Å²) in [5.41, 5.74) is 9.61. The molecule has 0 saturated heterocycles. The van der Waals surface area contributed by atoms with Crippen molar-refractivity contribution < 1.29 is 17.6 Å². The summed E-state index contributed by atoms with van der Waals surface area (Å²) in [6.07, 6.45) is -4.39. The first kappa shape index (κ1) is 16.1. The van der Waals surface area contributed by atoms with E-state index < -0.39 is 23.6 Å². The predicted molar refractivity (Wildman–Crippen MR) is 59.2 cm³/mol. The maximum Gasteiger partial charge on any atom is 0.416 e. The van der Waals surface area contributed by atoms with Crippen molar-refractivity contribution in [1.82, 2.24) is 0 Å². The number of rotatable bonds is 3. The molecule has 0 amide bonds. The van der Waals surface area contributed by atoms with E-state index in [0.29, 0.717) is 6.07 Å². The van der Waals surface area contributed by atoms with Crippen LogP contribution in [-0.2, 0) is 6.18 Å². The van der Waals surface area contributed by atoms with Crippen LogP contribution in [0.25, 0.3) is 0 Å². The van der Waals surface area contributed by atoms with Crippen LogP contribution in [0.5, 0.6) is 0 Å². The second kappa shape index (κ2) is 6.18. The zero-order valence-corrected chi connectivity index (χ0v) is 9.61. The molecule has 4 N–H and O–H groups in total. The van der Waals surface area contributed by atoms with Crippen molar-refractivity contribution in [2.24, 2.45) is 11.5 Å². The van der Waals surface area contributed by atoms with Gasteiger partial charge in [0.15, 0.2) is 0 Å². The Bertz CT molecular complexity index is 368. The molecule has 0 bridgehead atoms. The smallest absolute Gasteiger partial charge is 0.330 e. The van der Waals surface area contributed by atoms with Crippen LogP contribution >= 0.6 is 12.4 Å². The lowest BCUT2D eigenvalue weighted by molar-refractivity contribution is -0.138. The minimum absolute atomic E-state index is 0. The fourth-order valence-electron chi connectivity index (χ4n) is 1.43. The molecule has 0 spiro atoms. The van der Waals surface area contributed by atoms with E-state index in [2.05, 4.69) is 0 Å². The van der Waals surface area contributed by atoms with Crippen LogP contribution in [0.4, 0.5) is 17.6 Å². The van der Waals surface area contributed by atoms with E-state index in [4.69, 9.17) is 11.5 Å². The first-order valence-electron chi connectivity index (χ1n) is 4.68. The van der Waals surface area contributed by atoms with E-state index >= 15 is 0 Å². The minimum atomic E-state index is -4.61. The Kier molecular flexibility index (Phi) is 5.87. The molecule has 0 aliphatic rings. The summed E-state index contributed by atoms with van der Waals surface area (Å²) in [5.74, 6) is -0.934. The minimum Gasteiger partial charge on any atom is -0.330 e. The third-order valence-electron chi connectivity index (χ3n) is 2.20. The average molecular weight is 273 g/mol. The summed E-state index contributed by atoms with van der Waals surface area (Å²) >= 11 is 0. The number of alkyl halides is 3. The highest BCUT2D eigenvalue weighted by atomic mass is 35.5. The van der Waals surface area contributed by atoms with E-state index in [1.165, 1.54) is 0 Å². The largest absolute Gasteiger partial charge is 0.416 e. The molecule has 0 fully saturated rings. The fourth-order valence-corrected chi connectivity index (χ4v) is 1.43. The fraction of sp³-hybridized carbons (Fsp3) is 0.400. The average Bonchev–Trinajstić information content (AvgIpc) is 2.16. The zero-order chi connectivity index (χ0) is 12.3. The molecule has 1 rings (SSSR count). The standard InChI is InChI=1S/C10H12F4N2.ClH/c11-6-1-2-7(9(16)3-4-15)8(5-6)10(12,13)14;/h1-2,5,9H,3-4,15-16H2;1H/t9-;/m1./s1. The Labute approximate surface area is 102 Å². The Morgan fingerprint density at radius 2 is 1.82 bits per heavy atom. The number of nitrogens with two attached hydrogens (primary N) is 2. The van der Waals surface area contributed by atoms with Gasteiger partial charge in [0.05, 0.1) is 5.56 Å². The van der Waals surface area contributed by atoms with Gasteiger partial charge in [-0.15, -0.1) is 12.4 Å². The first-order valence-corrected chi connectivity index (χ1v) is 4.68. The summed E-state index contributed by atoms with van der Waals surface area (Å²) in [4.78, 5) is 0. The normalized spacial score (nSPS) is 13.1. The summed E-state index contributed by atoms with van der Waals surface area (Å²) in [5, 5.41) is 0. The summed E-state index contributed by atoms with van der Waals surface area (Å²) in [6, 6.07) is 1.63. The summed E-state index contributed by atoms with van der Waals surface area (Å²) < 4.78 is 50.5. The van der Waals surface area contributed by atoms with Gasteiger partial charge in [-0.2, -0.15) is 13.2 Å². The molecule has 0 aliphatic heterocycles. The van der Waals surface area contributed by atoms with Gasteiger partial charge in [0, 0.05) is 6.04 Å². The van der Waals surface area contributed by atoms with Crippen molar-refractivity contribution in [2.75, 3.05) is 6.54 Å². The second-order valence-corrected chi connectivity index (χ2v) is 3.41. The Balaban J connectivity index is 0.00000256. The molecular formula is C10H13ClF4N2. The van der Waals surface area contributed by atoms with Gasteiger partial charge >= 0.3 is 6.18 Å². The van der Waals surface area contributed by atoms with Crippen molar-refractivity contribution in [3.8, 4) is 0 Å². The van der Waals surface area contributed by atoms with Gasteiger partial charge in [-0.3, -0.25) is 0 Å². The lowest BCUT2D eigenvalue weighted by Crippen LogP contribution is -2.20. The molecule has 7 heteroatoms. The molecule has 1 aromatic carbocycles. The summed E-state index contributed by atoms with van der Waals surface area (Å²) in [7, 11) is 0. The van der Waals surface area contributed by atoms with Gasteiger partial charge < -0.3 is 11.5 Å². The number of hydrogen-bond acceptors (Lipinski definition) is 2. The van der Waals surface area contributed by atoms with Crippen LogP contribution < -0.4 is 11.5 Å². The monoisotopic (exact) mass is 272 g/mol. The van der Waals surface area contributed by atoms with Crippen molar-refractivity contribution in [3.63, 3.8) is 0 Å². The lowest BCUT2D eigenvalue weighted by Gasteiger charge is -2.17. The van der Waals surface area contributed by atoms with Crippen molar-refractivity contribution >= 4 is 12.4 Å². The maximum atomic E-state index is 12.8. The van der Waals surface area contributed by atoms with Crippen LogP contribution in [-0.4, -0.2) is 6.54 Å². The topological polar surface area (TPSA) is 52.0 Å². The van der Waals surface area contributed by atoms with E-state index in [9.17, 15) is 17.6 Å². The molecule has 0 saturated carbocycles. The Morgan fingerprint density at radius 1 is 1.24 bits per heavy atom. The predicted octanol–water partition coefficient (Wildman–Crippen LogP) is 2.61. The molecule has 98 valence electrons. The van der Waals surface area contributed by atoms with Crippen molar-refractivity contribution in [3.05, 3.63) is 35.1 Å². The SMILES string of the molecule is Cl.NCC[C@@H](N)c1ccc(F)cc1C(F)(F)F. The van der Waals surface area contributed by atoms with Gasteiger partial charge in [0.1, 0.15) is 5.82 Å². The lowest BCUT2D eigenvalue weighted by atomic mass is 9.98. The Hall–Kier alpha value is -0.850. The van der Waals surface area contributed by atoms with Crippen LogP contribution in [0.1, 0.15) is 23.6 Å². The van der Waals surface area contributed by atoms with Crippen LogP contribution in [0.3, 0.4) is 0 Å².